The Bertz CT molecular complexity index is 2120. The van der Waals surface area contributed by atoms with Crippen LogP contribution in [0.5, 0.6) is 0 Å². The number of carbonyl (C=O) groups excluding carboxylic acids is 2. The van der Waals surface area contributed by atoms with E-state index in [1.165, 1.54) is 24.5 Å². The summed E-state index contributed by atoms with van der Waals surface area (Å²) in [7, 11) is 0. The fourth-order valence-corrected chi connectivity index (χ4v) is 6.75. The maximum absolute atomic E-state index is 15.1. The number of benzene rings is 2. The fraction of sp³-hybridized carbons (Fsp3) is 0.351. The van der Waals surface area contributed by atoms with Crippen molar-refractivity contribution in [2.45, 2.75) is 69.9 Å². The molecule has 2 atom stereocenters. The van der Waals surface area contributed by atoms with Gasteiger partial charge < -0.3 is 15.2 Å². The molecule has 1 aliphatic carbocycles. The summed E-state index contributed by atoms with van der Waals surface area (Å²) in [5.41, 5.74) is -2.63. The largest absolute Gasteiger partial charge is 0.465 e. The highest BCUT2D eigenvalue weighted by Gasteiger charge is 2.64. The van der Waals surface area contributed by atoms with E-state index in [9.17, 15) is 36.6 Å². The van der Waals surface area contributed by atoms with Crippen molar-refractivity contribution in [1.82, 2.24) is 30.3 Å². The van der Waals surface area contributed by atoms with Crippen LogP contribution >= 0.6 is 11.6 Å². The van der Waals surface area contributed by atoms with E-state index in [1.807, 2.05) is 26.1 Å². The first-order chi connectivity index (χ1) is 25.8. The second-order valence-electron chi connectivity index (χ2n) is 14.5. The highest BCUT2D eigenvalue weighted by molar-refractivity contribution is 6.33. The van der Waals surface area contributed by atoms with Gasteiger partial charge in [0.25, 0.3) is 5.91 Å². The molecule has 2 aliphatic rings. The van der Waals surface area contributed by atoms with Crippen molar-refractivity contribution in [3.63, 3.8) is 0 Å². The van der Waals surface area contributed by atoms with Crippen molar-refractivity contribution in [2.24, 2.45) is 10.4 Å². The Hall–Kier alpha value is -5.58. The van der Waals surface area contributed by atoms with Gasteiger partial charge in [-0.2, -0.15) is 27.1 Å². The molecule has 12 nitrogen and oxygen atoms in total. The standard InChI is InChI=1S/C37H35ClF5N7O5/c1-34(2,3)20-36(24-10-7-21(8-11-24)23-17-45-49(18-23)30(39)40)29(51)50(31(47-36)46-32(52)53)28(19-55-33(54)48-35(13-14-35)37(41,42)43)22-9-12-26(38)25(16-22)27-6-4-5-15-44-27/h4-12,15-18,28,30H,13-14,19-20H2,1-3H3,(H,46,47)(H,48,54)(H,52,53)/t28?,36-/m1/s1. The van der Waals surface area contributed by atoms with Gasteiger partial charge in [0.1, 0.15) is 12.1 Å². The van der Waals surface area contributed by atoms with Crippen molar-refractivity contribution >= 4 is 35.7 Å². The van der Waals surface area contributed by atoms with E-state index in [0.29, 0.717) is 32.6 Å². The number of nitrogens with one attached hydrogen (secondary N) is 2. The van der Waals surface area contributed by atoms with Crippen molar-refractivity contribution in [2.75, 3.05) is 6.61 Å². The van der Waals surface area contributed by atoms with Crippen LogP contribution in [-0.2, 0) is 15.1 Å². The number of pyridine rings is 1. The van der Waals surface area contributed by atoms with Gasteiger partial charge in [-0.05, 0) is 65.6 Å². The highest BCUT2D eigenvalue weighted by Crippen LogP contribution is 2.49. The van der Waals surface area contributed by atoms with Gasteiger partial charge in [0.2, 0.25) is 5.96 Å². The first kappa shape index (κ1) is 39.1. The molecule has 4 aromatic rings. The number of hydrogen-bond acceptors (Lipinski definition) is 7. The van der Waals surface area contributed by atoms with Crippen LogP contribution in [0.25, 0.3) is 22.4 Å². The predicted octanol–water partition coefficient (Wildman–Crippen LogP) is 8.32. The lowest BCUT2D eigenvalue weighted by molar-refractivity contribution is -0.164. The molecule has 3 heterocycles. The third kappa shape index (κ3) is 8.11. The van der Waals surface area contributed by atoms with Crippen LogP contribution in [0.15, 0.2) is 84.2 Å². The Morgan fingerprint density at radius 3 is 2.31 bits per heavy atom. The Labute approximate surface area is 316 Å². The van der Waals surface area contributed by atoms with E-state index in [2.05, 4.69) is 15.4 Å². The second-order valence-corrected chi connectivity index (χ2v) is 14.9. The van der Waals surface area contributed by atoms with Crippen molar-refractivity contribution < 1.29 is 46.2 Å². The summed E-state index contributed by atoms with van der Waals surface area (Å²) >= 11 is 6.56. The first-order valence-electron chi connectivity index (χ1n) is 16.9. The van der Waals surface area contributed by atoms with Gasteiger partial charge in [-0.1, -0.05) is 68.8 Å². The van der Waals surface area contributed by atoms with Crippen LogP contribution in [-0.4, -0.2) is 67.1 Å². The van der Waals surface area contributed by atoms with Gasteiger partial charge in [0.15, 0.2) is 5.54 Å². The molecule has 1 aliphatic heterocycles. The quantitative estimate of drug-likeness (QED) is 0.137. The van der Waals surface area contributed by atoms with Crippen LogP contribution in [0.1, 0.15) is 63.8 Å². The van der Waals surface area contributed by atoms with E-state index in [1.54, 1.807) is 48.5 Å². The molecule has 0 spiro atoms. The molecule has 0 bridgehead atoms. The third-order valence-corrected chi connectivity index (χ3v) is 9.56. The van der Waals surface area contributed by atoms with E-state index in [4.69, 9.17) is 21.3 Å². The SMILES string of the molecule is CC(C)(C)C[C@]1(c2ccc(-c3cnn(C(F)F)c3)cc2)N=C(NC(=O)O)N(C(COC(=O)NC2(C(F)(F)F)CC2)c2ccc(Cl)c(-c3ccccn3)c2)C1=O. The number of carboxylic acid groups (broad SMARTS) is 1. The molecule has 0 radical (unpaired) electrons. The van der Waals surface area contributed by atoms with Gasteiger partial charge in [0, 0.05) is 28.5 Å². The van der Waals surface area contributed by atoms with Crippen LogP contribution < -0.4 is 10.6 Å². The number of halogens is 6. The summed E-state index contributed by atoms with van der Waals surface area (Å²) in [4.78, 5) is 50.4. The number of alkyl halides is 5. The van der Waals surface area contributed by atoms with E-state index >= 15 is 4.79 Å². The number of aromatic nitrogens is 3. The molecule has 18 heteroatoms. The summed E-state index contributed by atoms with van der Waals surface area (Å²) in [5.74, 6) is -1.19. The maximum Gasteiger partial charge on any atom is 0.411 e. The number of amides is 3. The average molecular weight is 788 g/mol. The average Bonchev–Trinajstić information content (AvgIpc) is 3.65. The number of rotatable bonds is 10. The van der Waals surface area contributed by atoms with E-state index in [-0.39, 0.29) is 29.8 Å². The van der Waals surface area contributed by atoms with Gasteiger partial charge in [-0.15, -0.1) is 0 Å². The summed E-state index contributed by atoms with van der Waals surface area (Å²) in [6.07, 6.45) is -4.44. The van der Waals surface area contributed by atoms with Crippen LogP contribution in [0, 0.1) is 5.41 Å². The molecular weight excluding hydrogens is 753 g/mol. The Kier molecular flexibility index (Phi) is 10.4. The third-order valence-electron chi connectivity index (χ3n) is 9.23. The summed E-state index contributed by atoms with van der Waals surface area (Å²) in [5, 5.41) is 18.0. The molecule has 55 heavy (non-hydrogen) atoms. The number of hydrogen-bond donors (Lipinski definition) is 3. The lowest BCUT2D eigenvalue weighted by Gasteiger charge is -2.35. The predicted molar refractivity (Wildman–Crippen MR) is 190 cm³/mol. The molecule has 1 fully saturated rings. The first-order valence-corrected chi connectivity index (χ1v) is 17.3. The second kappa shape index (κ2) is 14.6. The molecule has 1 unspecified atom stereocenters. The summed E-state index contributed by atoms with van der Waals surface area (Å²) < 4.78 is 73.5. The number of guanidine groups is 1. The molecular formula is C37H35ClF5N7O5. The van der Waals surface area contributed by atoms with Crippen molar-refractivity contribution in [1.29, 1.82) is 0 Å². The highest BCUT2D eigenvalue weighted by atomic mass is 35.5. The molecule has 290 valence electrons. The fourth-order valence-electron chi connectivity index (χ4n) is 6.53. The molecule has 2 aromatic carbocycles. The molecule has 0 saturated heterocycles. The Balaban J connectivity index is 1.45. The molecule has 3 amide bonds. The summed E-state index contributed by atoms with van der Waals surface area (Å²) in [6, 6.07) is 14.6. The smallest absolute Gasteiger partial charge is 0.411 e. The van der Waals surface area contributed by atoms with Crippen LogP contribution in [0.2, 0.25) is 5.02 Å². The minimum Gasteiger partial charge on any atom is -0.465 e. The zero-order chi connectivity index (χ0) is 39.9. The number of carbonyl (C=O) groups is 3. The summed E-state index contributed by atoms with van der Waals surface area (Å²) in [6.45, 7) is 1.93. The van der Waals surface area contributed by atoms with Crippen LogP contribution in [0.3, 0.4) is 0 Å². The zero-order valence-corrected chi connectivity index (χ0v) is 30.3. The maximum atomic E-state index is 15.1. The Morgan fingerprint density at radius 2 is 1.75 bits per heavy atom. The van der Waals surface area contributed by atoms with Gasteiger partial charge in [-0.25, -0.2) is 19.3 Å². The minimum atomic E-state index is -4.74. The topological polar surface area (TPSA) is 151 Å². The number of alkyl carbamates (subject to hydrolysis) is 1. The normalized spacial score (nSPS) is 18.5. The van der Waals surface area contributed by atoms with Crippen LogP contribution in [0.4, 0.5) is 31.5 Å². The lowest BCUT2D eigenvalue weighted by atomic mass is 9.75. The monoisotopic (exact) mass is 787 g/mol. The van der Waals surface area contributed by atoms with Crippen molar-refractivity contribution in [3.05, 3.63) is 95.4 Å². The number of nitrogens with zero attached hydrogens (tertiary/aromatic N) is 5. The minimum absolute atomic E-state index is 0.0186. The van der Waals surface area contributed by atoms with Gasteiger partial charge in [-0.3, -0.25) is 20.0 Å². The van der Waals surface area contributed by atoms with E-state index in [0.717, 1.165) is 11.1 Å². The number of aliphatic imine (C=N–C) groups is 1. The zero-order valence-electron chi connectivity index (χ0n) is 29.6. The van der Waals surface area contributed by atoms with Gasteiger partial charge >= 0.3 is 24.9 Å². The number of ether oxygens (including phenoxy) is 1. The molecule has 3 N–H and O–H groups in total. The van der Waals surface area contributed by atoms with Crippen molar-refractivity contribution in [3.8, 4) is 22.4 Å². The molecule has 1 saturated carbocycles. The lowest BCUT2D eigenvalue weighted by Crippen LogP contribution is -2.51. The molecule has 2 aromatic heterocycles. The molecule has 6 rings (SSSR count). The Morgan fingerprint density at radius 1 is 1.04 bits per heavy atom. The van der Waals surface area contributed by atoms with Gasteiger partial charge in [0.05, 0.1) is 17.9 Å². The van der Waals surface area contributed by atoms with E-state index < -0.39 is 65.9 Å².